The standard InChI is InChI=1S/C23H23N7O/c31-23(27-20-12-26-29(16-20)13-17-5-3-6-17)22-9-4-8-21(28-22)18-11-25-30(14-18)15-19-7-1-2-10-24-19/h1-2,4,7-12,14,16-17H,3,5-6,13,15H2,(H,27,31). The predicted molar refractivity (Wildman–Crippen MR) is 116 cm³/mol. The molecule has 0 spiro atoms. The fourth-order valence-electron chi connectivity index (χ4n) is 3.62. The molecule has 31 heavy (non-hydrogen) atoms. The van der Waals surface area contributed by atoms with Gasteiger partial charge in [-0.05, 0) is 43.0 Å². The summed E-state index contributed by atoms with van der Waals surface area (Å²) >= 11 is 0. The number of rotatable bonds is 7. The Morgan fingerprint density at radius 2 is 1.94 bits per heavy atom. The highest BCUT2D eigenvalue weighted by Gasteiger charge is 2.18. The van der Waals surface area contributed by atoms with Crippen LogP contribution >= 0.6 is 0 Å². The molecule has 0 aromatic carbocycles. The van der Waals surface area contributed by atoms with Crippen LogP contribution in [0, 0.1) is 5.92 Å². The van der Waals surface area contributed by atoms with Crippen LogP contribution in [-0.4, -0.2) is 35.4 Å². The van der Waals surface area contributed by atoms with Crippen LogP contribution in [0.5, 0.6) is 0 Å². The summed E-state index contributed by atoms with van der Waals surface area (Å²) in [5.74, 6) is 0.450. The monoisotopic (exact) mass is 413 g/mol. The highest BCUT2D eigenvalue weighted by atomic mass is 16.1. The van der Waals surface area contributed by atoms with Crippen LogP contribution in [-0.2, 0) is 13.1 Å². The van der Waals surface area contributed by atoms with E-state index in [-0.39, 0.29) is 5.91 Å². The Bertz CT molecular complexity index is 1180. The van der Waals surface area contributed by atoms with E-state index >= 15 is 0 Å². The second-order valence-electron chi connectivity index (χ2n) is 7.86. The number of amides is 1. The zero-order chi connectivity index (χ0) is 21.0. The molecule has 0 aliphatic heterocycles. The largest absolute Gasteiger partial charge is 0.318 e. The van der Waals surface area contributed by atoms with E-state index in [1.807, 2.05) is 52.1 Å². The van der Waals surface area contributed by atoms with Gasteiger partial charge in [-0.3, -0.25) is 19.1 Å². The van der Waals surface area contributed by atoms with E-state index < -0.39 is 0 Å². The molecule has 4 aromatic heterocycles. The third-order valence-corrected chi connectivity index (χ3v) is 5.52. The fourth-order valence-corrected chi connectivity index (χ4v) is 3.62. The van der Waals surface area contributed by atoms with Gasteiger partial charge in [0.05, 0.1) is 36.0 Å². The molecule has 0 unspecified atom stereocenters. The number of anilines is 1. The minimum atomic E-state index is -0.258. The van der Waals surface area contributed by atoms with Crippen LogP contribution in [0.2, 0.25) is 0 Å². The van der Waals surface area contributed by atoms with E-state index in [1.54, 1.807) is 24.7 Å². The quantitative estimate of drug-likeness (QED) is 0.500. The van der Waals surface area contributed by atoms with E-state index in [4.69, 9.17) is 0 Å². The lowest BCUT2D eigenvalue weighted by Crippen LogP contribution is -2.18. The van der Waals surface area contributed by atoms with Gasteiger partial charge in [0.15, 0.2) is 0 Å². The Morgan fingerprint density at radius 3 is 2.74 bits per heavy atom. The number of carbonyl (C=O) groups is 1. The first-order valence-electron chi connectivity index (χ1n) is 10.5. The normalized spacial score (nSPS) is 13.7. The molecule has 0 saturated heterocycles. The maximum Gasteiger partial charge on any atom is 0.274 e. The Balaban J connectivity index is 1.26. The summed E-state index contributed by atoms with van der Waals surface area (Å²) in [5.41, 5.74) is 3.50. The highest BCUT2D eigenvalue weighted by Crippen LogP contribution is 2.27. The molecule has 1 fully saturated rings. The van der Waals surface area contributed by atoms with E-state index in [2.05, 4.69) is 25.5 Å². The van der Waals surface area contributed by atoms with Gasteiger partial charge in [-0.2, -0.15) is 10.2 Å². The second-order valence-corrected chi connectivity index (χ2v) is 7.86. The molecular weight excluding hydrogens is 390 g/mol. The van der Waals surface area contributed by atoms with Crippen LogP contribution in [0.4, 0.5) is 5.69 Å². The van der Waals surface area contributed by atoms with Crippen molar-refractivity contribution in [2.24, 2.45) is 5.92 Å². The minimum absolute atomic E-state index is 0.258. The van der Waals surface area contributed by atoms with Crippen LogP contribution < -0.4 is 5.32 Å². The van der Waals surface area contributed by atoms with Crippen molar-refractivity contribution in [2.45, 2.75) is 32.4 Å². The molecule has 156 valence electrons. The SMILES string of the molecule is O=C(Nc1cnn(CC2CCC2)c1)c1cccc(-c2cnn(Cc3ccccn3)c2)n1. The van der Waals surface area contributed by atoms with Crippen LogP contribution in [0.25, 0.3) is 11.3 Å². The summed E-state index contributed by atoms with van der Waals surface area (Å²) in [5, 5.41) is 11.6. The van der Waals surface area contributed by atoms with Crippen molar-refractivity contribution < 1.29 is 4.79 Å². The smallest absolute Gasteiger partial charge is 0.274 e. The van der Waals surface area contributed by atoms with Gasteiger partial charge < -0.3 is 5.32 Å². The molecule has 0 radical (unpaired) electrons. The number of carbonyl (C=O) groups excluding carboxylic acids is 1. The van der Waals surface area contributed by atoms with Crippen molar-refractivity contribution in [1.82, 2.24) is 29.5 Å². The van der Waals surface area contributed by atoms with Crippen molar-refractivity contribution in [3.8, 4) is 11.3 Å². The van der Waals surface area contributed by atoms with E-state index in [0.717, 1.165) is 17.8 Å². The number of aromatic nitrogens is 6. The van der Waals surface area contributed by atoms with Crippen molar-refractivity contribution in [2.75, 3.05) is 5.32 Å². The third-order valence-electron chi connectivity index (χ3n) is 5.52. The summed E-state index contributed by atoms with van der Waals surface area (Å²) < 4.78 is 3.71. The molecule has 1 amide bonds. The van der Waals surface area contributed by atoms with Crippen molar-refractivity contribution in [3.63, 3.8) is 0 Å². The summed E-state index contributed by atoms with van der Waals surface area (Å²) in [6, 6.07) is 11.2. The number of pyridine rings is 2. The van der Waals surface area contributed by atoms with E-state index in [9.17, 15) is 4.79 Å². The Labute approximate surface area is 180 Å². The summed E-state index contributed by atoms with van der Waals surface area (Å²) in [6.45, 7) is 1.48. The van der Waals surface area contributed by atoms with Gasteiger partial charge >= 0.3 is 0 Å². The Morgan fingerprint density at radius 1 is 1.03 bits per heavy atom. The van der Waals surface area contributed by atoms with Gasteiger partial charge in [0, 0.05) is 30.7 Å². The van der Waals surface area contributed by atoms with Crippen LogP contribution in [0.1, 0.15) is 35.4 Å². The molecule has 8 nitrogen and oxygen atoms in total. The van der Waals surface area contributed by atoms with Crippen molar-refractivity contribution in [1.29, 1.82) is 0 Å². The molecule has 1 aliphatic rings. The van der Waals surface area contributed by atoms with Gasteiger partial charge in [-0.1, -0.05) is 18.6 Å². The summed E-state index contributed by atoms with van der Waals surface area (Å²) in [6.07, 6.45) is 12.8. The molecule has 0 bridgehead atoms. The van der Waals surface area contributed by atoms with Gasteiger partial charge in [-0.25, -0.2) is 4.98 Å². The molecule has 4 heterocycles. The second kappa shape index (κ2) is 8.51. The lowest BCUT2D eigenvalue weighted by atomic mass is 9.85. The minimum Gasteiger partial charge on any atom is -0.318 e. The molecular formula is C23H23N7O. The van der Waals surface area contributed by atoms with Gasteiger partial charge in [0.1, 0.15) is 5.69 Å². The first-order valence-corrected chi connectivity index (χ1v) is 10.5. The van der Waals surface area contributed by atoms with Gasteiger partial charge in [-0.15, -0.1) is 0 Å². The number of nitrogens with one attached hydrogen (secondary N) is 1. The summed E-state index contributed by atoms with van der Waals surface area (Å²) in [4.78, 5) is 21.6. The first kappa shape index (κ1) is 19.2. The Kier molecular flexibility index (Phi) is 5.26. The molecule has 8 heteroatoms. The van der Waals surface area contributed by atoms with Crippen molar-refractivity contribution in [3.05, 3.63) is 78.8 Å². The van der Waals surface area contributed by atoms with Gasteiger partial charge in [0.2, 0.25) is 0 Å². The molecule has 4 aromatic rings. The first-order chi connectivity index (χ1) is 15.2. The lowest BCUT2D eigenvalue weighted by Gasteiger charge is -2.24. The van der Waals surface area contributed by atoms with Crippen molar-refractivity contribution >= 4 is 11.6 Å². The zero-order valence-corrected chi connectivity index (χ0v) is 17.1. The summed E-state index contributed by atoms with van der Waals surface area (Å²) in [7, 11) is 0. The molecule has 1 saturated carbocycles. The zero-order valence-electron chi connectivity index (χ0n) is 17.1. The third kappa shape index (κ3) is 4.53. The maximum absolute atomic E-state index is 12.7. The predicted octanol–water partition coefficient (Wildman–Crippen LogP) is 3.64. The average Bonchev–Trinajstić information content (AvgIpc) is 3.41. The molecule has 1 N–H and O–H groups in total. The fraction of sp³-hybridized carbons (Fsp3) is 0.261. The topological polar surface area (TPSA) is 90.5 Å². The number of hydrogen-bond donors (Lipinski definition) is 1. The number of hydrogen-bond acceptors (Lipinski definition) is 5. The Hall–Kier alpha value is -3.81. The lowest BCUT2D eigenvalue weighted by molar-refractivity contribution is 0.102. The molecule has 5 rings (SSSR count). The average molecular weight is 413 g/mol. The van der Waals surface area contributed by atoms with Crippen LogP contribution in [0.15, 0.2) is 67.4 Å². The molecule has 1 aliphatic carbocycles. The van der Waals surface area contributed by atoms with E-state index in [0.29, 0.717) is 29.5 Å². The molecule has 0 atom stereocenters. The van der Waals surface area contributed by atoms with Crippen LogP contribution in [0.3, 0.4) is 0 Å². The maximum atomic E-state index is 12.7. The highest BCUT2D eigenvalue weighted by molar-refractivity contribution is 6.03. The van der Waals surface area contributed by atoms with Gasteiger partial charge in [0.25, 0.3) is 5.91 Å². The van der Waals surface area contributed by atoms with E-state index in [1.165, 1.54) is 19.3 Å². The number of nitrogens with zero attached hydrogens (tertiary/aromatic N) is 6.